The van der Waals surface area contributed by atoms with Crippen molar-refractivity contribution in [3.63, 3.8) is 0 Å². The summed E-state index contributed by atoms with van der Waals surface area (Å²) in [7, 11) is 0. The molecule has 180 valence electrons. The summed E-state index contributed by atoms with van der Waals surface area (Å²) in [6, 6.07) is 16.0. The van der Waals surface area contributed by atoms with Gasteiger partial charge in [0.05, 0.1) is 18.8 Å². The van der Waals surface area contributed by atoms with Gasteiger partial charge in [-0.05, 0) is 48.1 Å². The normalized spacial score (nSPS) is 12.8. The fourth-order valence-corrected chi connectivity index (χ4v) is 3.01. The monoisotopic (exact) mass is 474 g/mol. The number of hydrogen-bond acceptors (Lipinski definition) is 7. The van der Waals surface area contributed by atoms with E-state index in [9.17, 15) is 14.4 Å². The first-order valence-electron chi connectivity index (χ1n) is 11.1. The Morgan fingerprint density at radius 2 is 1.51 bits per heavy atom. The molecule has 0 heterocycles. The lowest BCUT2D eigenvalue weighted by Gasteiger charge is -2.14. The molecule has 0 saturated heterocycles. The molecular weight excluding hydrogens is 448 g/mol. The van der Waals surface area contributed by atoms with Crippen LogP contribution in [0.15, 0.2) is 97.0 Å². The Morgan fingerprint density at radius 3 is 2.17 bits per heavy atom. The summed E-state index contributed by atoms with van der Waals surface area (Å²) in [5, 5.41) is 0. The maximum atomic E-state index is 12.4. The zero-order valence-electron chi connectivity index (χ0n) is 19.2. The van der Waals surface area contributed by atoms with Crippen molar-refractivity contribution < 1.29 is 33.3 Å². The molecule has 0 atom stereocenters. The number of hydrogen-bond donors (Lipinski definition) is 0. The standard InChI is InChI=1S/C28H26O7/c1-2-26(29)33-20-6-19-32-23-12-10-22(11-13-23)28(31)35-25-16-14-24(15-17-25)34-27(30)18-9-21-7-4-3-5-8-21/h2-5,7-14,16,18H,1,6,15,17,19-20H2/b18-9+. The second-order valence-corrected chi connectivity index (χ2v) is 7.42. The average Bonchev–Trinajstić information content (AvgIpc) is 2.89. The maximum Gasteiger partial charge on any atom is 0.343 e. The third-order valence-corrected chi connectivity index (χ3v) is 4.80. The fraction of sp³-hybridized carbons (Fsp3) is 0.179. The van der Waals surface area contributed by atoms with Crippen LogP contribution in [0, 0.1) is 0 Å². The van der Waals surface area contributed by atoms with Crippen LogP contribution in [0.25, 0.3) is 6.08 Å². The molecule has 0 spiro atoms. The number of ether oxygens (including phenoxy) is 4. The largest absolute Gasteiger partial charge is 0.493 e. The highest BCUT2D eigenvalue weighted by molar-refractivity contribution is 5.90. The number of carbonyl (C=O) groups is 3. The molecule has 0 bridgehead atoms. The van der Waals surface area contributed by atoms with Crippen LogP contribution < -0.4 is 4.74 Å². The van der Waals surface area contributed by atoms with Gasteiger partial charge >= 0.3 is 17.9 Å². The summed E-state index contributed by atoms with van der Waals surface area (Å²) in [6.45, 7) is 3.93. The molecule has 0 unspecified atom stereocenters. The van der Waals surface area contributed by atoms with Gasteiger partial charge in [-0.25, -0.2) is 14.4 Å². The van der Waals surface area contributed by atoms with E-state index in [1.54, 1.807) is 42.5 Å². The van der Waals surface area contributed by atoms with Crippen molar-refractivity contribution in [3.8, 4) is 5.75 Å². The van der Waals surface area contributed by atoms with Crippen molar-refractivity contribution in [1.82, 2.24) is 0 Å². The van der Waals surface area contributed by atoms with E-state index >= 15 is 0 Å². The Hall–Kier alpha value is -4.39. The van der Waals surface area contributed by atoms with Crippen LogP contribution in [0.5, 0.6) is 5.75 Å². The highest BCUT2D eigenvalue weighted by Gasteiger charge is 2.15. The summed E-state index contributed by atoms with van der Waals surface area (Å²) in [5.41, 5.74) is 1.28. The quantitative estimate of drug-likeness (QED) is 0.192. The van der Waals surface area contributed by atoms with Gasteiger partial charge < -0.3 is 18.9 Å². The minimum atomic E-state index is -0.487. The first-order chi connectivity index (χ1) is 17.0. The lowest BCUT2D eigenvalue weighted by Crippen LogP contribution is -2.09. The van der Waals surface area contributed by atoms with E-state index in [0.29, 0.717) is 48.7 Å². The Bertz CT molecular complexity index is 1130. The van der Waals surface area contributed by atoms with Crippen LogP contribution in [0.2, 0.25) is 0 Å². The minimum Gasteiger partial charge on any atom is -0.493 e. The molecule has 0 amide bonds. The van der Waals surface area contributed by atoms with Crippen LogP contribution >= 0.6 is 0 Å². The van der Waals surface area contributed by atoms with Crippen molar-refractivity contribution in [2.75, 3.05) is 13.2 Å². The van der Waals surface area contributed by atoms with E-state index in [1.807, 2.05) is 30.3 Å². The molecule has 2 aromatic carbocycles. The van der Waals surface area contributed by atoms with Gasteiger partial charge in [0.15, 0.2) is 0 Å². The number of esters is 3. The molecule has 7 heteroatoms. The van der Waals surface area contributed by atoms with E-state index in [-0.39, 0.29) is 6.61 Å². The molecule has 7 nitrogen and oxygen atoms in total. The van der Waals surface area contributed by atoms with Gasteiger partial charge in [0.25, 0.3) is 0 Å². The molecule has 0 aromatic heterocycles. The van der Waals surface area contributed by atoms with E-state index in [1.165, 1.54) is 6.08 Å². The van der Waals surface area contributed by atoms with Crippen molar-refractivity contribution in [1.29, 1.82) is 0 Å². The Morgan fingerprint density at radius 1 is 0.829 bits per heavy atom. The second kappa shape index (κ2) is 13.3. The van der Waals surface area contributed by atoms with Crippen LogP contribution in [-0.2, 0) is 23.8 Å². The van der Waals surface area contributed by atoms with Crippen molar-refractivity contribution in [3.05, 3.63) is 108 Å². The summed E-state index contributed by atoms with van der Waals surface area (Å²) >= 11 is 0. The maximum absolute atomic E-state index is 12.4. The molecule has 0 aliphatic heterocycles. The first-order valence-corrected chi connectivity index (χ1v) is 11.1. The number of allylic oxidation sites excluding steroid dienone is 4. The smallest absolute Gasteiger partial charge is 0.343 e. The van der Waals surface area contributed by atoms with E-state index in [0.717, 1.165) is 11.6 Å². The van der Waals surface area contributed by atoms with Crippen LogP contribution in [-0.4, -0.2) is 31.1 Å². The highest BCUT2D eigenvalue weighted by Crippen LogP contribution is 2.22. The van der Waals surface area contributed by atoms with Crippen LogP contribution in [0.4, 0.5) is 0 Å². The third kappa shape index (κ3) is 8.81. The van der Waals surface area contributed by atoms with Gasteiger partial charge in [0.2, 0.25) is 0 Å². The molecule has 1 aliphatic rings. The van der Waals surface area contributed by atoms with Crippen molar-refractivity contribution in [2.45, 2.75) is 19.3 Å². The number of rotatable bonds is 11. The predicted octanol–water partition coefficient (Wildman–Crippen LogP) is 5.16. The summed E-state index contributed by atoms with van der Waals surface area (Å²) in [4.78, 5) is 35.4. The Balaban J connectivity index is 1.42. The fourth-order valence-electron chi connectivity index (χ4n) is 3.01. The second-order valence-electron chi connectivity index (χ2n) is 7.42. The molecule has 0 fully saturated rings. The SMILES string of the molecule is C=CC(=O)OCCCOc1ccc(C(=O)OC2=CC=C(OC(=O)/C=C/c3ccccc3)CC2)cc1. The molecule has 0 saturated carbocycles. The van der Waals surface area contributed by atoms with Crippen molar-refractivity contribution in [2.24, 2.45) is 0 Å². The van der Waals surface area contributed by atoms with E-state index in [2.05, 4.69) is 6.58 Å². The summed E-state index contributed by atoms with van der Waals surface area (Å²) in [5.74, 6) is 0.166. The van der Waals surface area contributed by atoms with Gasteiger partial charge in [-0.2, -0.15) is 0 Å². The average molecular weight is 475 g/mol. The lowest BCUT2D eigenvalue weighted by atomic mass is 10.1. The van der Waals surface area contributed by atoms with Gasteiger partial charge in [-0.1, -0.05) is 36.9 Å². The number of carbonyl (C=O) groups excluding carboxylic acids is 3. The molecule has 1 aliphatic carbocycles. The predicted molar refractivity (Wildman–Crippen MR) is 130 cm³/mol. The van der Waals surface area contributed by atoms with Gasteiger partial charge in [-0.3, -0.25) is 0 Å². The summed E-state index contributed by atoms with van der Waals surface area (Å²) in [6.07, 6.45) is 8.84. The van der Waals surface area contributed by atoms with Crippen molar-refractivity contribution >= 4 is 24.0 Å². The van der Waals surface area contributed by atoms with Crippen LogP contribution in [0.3, 0.4) is 0 Å². The zero-order valence-corrected chi connectivity index (χ0v) is 19.2. The first kappa shape index (κ1) is 25.2. The Kier molecular flexibility index (Phi) is 9.63. The van der Waals surface area contributed by atoms with E-state index in [4.69, 9.17) is 18.9 Å². The highest BCUT2D eigenvalue weighted by atomic mass is 16.5. The lowest BCUT2D eigenvalue weighted by molar-refractivity contribution is -0.138. The topological polar surface area (TPSA) is 88.1 Å². The third-order valence-electron chi connectivity index (χ3n) is 4.80. The zero-order chi connectivity index (χ0) is 24.9. The van der Waals surface area contributed by atoms with Crippen LogP contribution in [0.1, 0.15) is 35.2 Å². The van der Waals surface area contributed by atoms with Gasteiger partial charge in [-0.15, -0.1) is 0 Å². The molecule has 0 N–H and O–H groups in total. The van der Waals surface area contributed by atoms with Gasteiger partial charge in [0, 0.05) is 31.4 Å². The minimum absolute atomic E-state index is 0.240. The van der Waals surface area contributed by atoms with E-state index < -0.39 is 17.9 Å². The number of benzene rings is 2. The molecule has 2 aromatic rings. The molecule has 35 heavy (non-hydrogen) atoms. The molecule has 0 radical (unpaired) electrons. The van der Waals surface area contributed by atoms with Gasteiger partial charge in [0.1, 0.15) is 17.3 Å². The molecular formula is C28H26O7. The Labute approximate surface area is 204 Å². The summed E-state index contributed by atoms with van der Waals surface area (Å²) < 4.78 is 21.2. The molecule has 3 rings (SSSR count).